The molecule has 0 bridgehead atoms. The summed E-state index contributed by atoms with van der Waals surface area (Å²) in [5.74, 6) is -1.19. The summed E-state index contributed by atoms with van der Waals surface area (Å²) in [7, 11) is -3.88. The van der Waals surface area contributed by atoms with Crippen molar-refractivity contribution >= 4 is 21.6 Å². The van der Waals surface area contributed by atoms with Crippen molar-refractivity contribution in [2.24, 2.45) is 0 Å². The van der Waals surface area contributed by atoms with Gasteiger partial charge in [0.05, 0.1) is 30.0 Å². The topological polar surface area (TPSA) is 115 Å². The third kappa shape index (κ3) is 7.18. The number of carbonyl (C=O) groups excluding carboxylic acids is 1. The van der Waals surface area contributed by atoms with E-state index in [-0.39, 0.29) is 18.0 Å². The van der Waals surface area contributed by atoms with Crippen LogP contribution in [0, 0.1) is 13.8 Å². The lowest BCUT2D eigenvalue weighted by atomic mass is 10.2. The molecule has 0 spiro atoms. The third-order valence-electron chi connectivity index (χ3n) is 5.12. The SMILES string of the molecule is Cc1ncn(CC(=O)NCC(F)(F)F)c1Cn1c(C)ccc(NS(=O)(=O)Cc2ccccc2)c1=O. The average molecular weight is 512 g/mol. The predicted octanol–water partition coefficient (Wildman–Crippen LogP) is 2.33. The third-order valence-corrected chi connectivity index (χ3v) is 6.36. The van der Waals surface area contributed by atoms with Gasteiger partial charge in [0, 0.05) is 5.69 Å². The highest BCUT2D eigenvalue weighted by Crippen LogP contribution is 2.15. The average Bonchev–Trinajstić information content (AvgIpc) is 3.10. The van der Waals surface area contributed by atoms with E-state index in [0.29, 0.717) is 22.6 Å². The van der Waals surface area contributed by atoms with E-state index in [0.717, 1.165) is 0 Å². The predicted molar refractivity (Wildman–Crippen MR) is 123 cm³/mol. The summed E-state index contributed by atoms with van der Waals surface area (Å²) in [6.45, 7) is 1.32. The molecule has 3 aromatic rings. The largest absolute Gasteiger partial charge is 0.405 e. The lowest BCUT2D eigenvalue weighted by molar-refractivity contribution is -0.138. The lowest BCUT2D eigenvalue weighted by Gasteiger charge is -2.16. The number of anilines is 1. The zero-order valence-corrected chi connectivity index (χ0v) is 19.8. The minimum absolute atomic E-state index is 0.0721. The van der Waals surface area contributed by atoms with Crippen LogP contribution in [0.2, 0.25) is 0 Å². The summed E-state index contributed by atoms with van der Waals surface area (Å²) in [5, 5.41) is 1.79. The molecule has 0 saturated carbocycles. The standard InChI is InChI=1S/C22H24F3N5O4S/c1-15-8-9-18(28-35(33,34)12-17-6-4-3-5-7-17)21(32)30(15)10-19-16(2)27-14-29(19)11-20(31)26-13-22(23,24)25/h3-9,14,28H,10-13H2,1-2H3,(H,26,31). The van der Waals surface area contributed by atoms with E-state index >= 15 is 0 Å². The summed E-state index contributed by atoms with van der Waals surface area (Å²) in [6.07, 6.45) is -3.24. The van der Waals surface area contributed by atoms with Crippen LogP contribution in [-0.4, -0.2) is 41.2 Å². The summed E-state index contributed by atoms with van der Waals surface area (Å²) in [4.78, 5) is 29.2. The Balaban J connectivity index is 1.82. The number of amides is 1. The van der Waals surface area contributed by atoms with E-state index in [1.165, 1.54) is 21.5 Å². The molecule has 0 aliphatic rings. The molecule has 2 aromatic heterocycles. The highest BCUT2D eigenvalue weighted by atomic mass is 32.2. The van der Waals surface area contributed by atoms with Crippen LogP contribution in [0.5, 0.6) is 0 Å². The second-order valence-corrected chi connectivity index (χ2v) is 9.65. The number of halogens is 3. The second kappa shape index (κ2) is 10.3. The Morgan fingerprint density at radius 2 is 1.77 bits per heavy atom. The Labute approximate surface area is 199 Å². The first-order chi connectivity index (χ1) is 16.3. The number of benzene rings is 1. The summed E-state index contributed by atoms with van der Waals surface area (Å²) in [5.41, 5.74) is 1.18. The number of pyridine rings is 1. The van der Waals surface area contributed by atoms with Crippen LogP contribution in [0.15, 0.2) is 53.6 Å². The minimum atomic E-state index is -4.54. The molecule has 1 amide bonds. The van der Waals surface area contributed by atoms with Gasteiger partial charge in [-0.25, -0.2) is 13.4 Å². The first-order valence-corrected chi connectivity index (χ1v) is 12.1. The van der Waals surface area contributed by atoms with Gasteiger partial charge < -0.3 is 14.5 Å². The number of nitrogens with one attached hydrogen (secondary N) is 2. The van der Waals surface area contributed by atoms with Crippen molar-refractivity contribution in [3.63, 3.8) is 0 Å². The molecule has 13 heteroatoms. The zero-order chi connectivity index (χ0) is 25.8. The fourth-order valence-corrected chi connectivity index (χ4v) is 4.55. The Morgan fingerprint density at radius 1 is 1.09 bits per heavy atom. The van der Waals surface area contributed by atoms with Crippen molar-refractivity contribution in [2.45, 2.75) is 38.9 Å². The quantitative estimate of drug-likeness (QED) is 0.458. The molecule has 0 aliphatic heterocycles. The smallest absolute Gasteiger partial charge is 0.345 e. The van der Waals surface area contributed by atoms with Crippen molar-refractivity contribution in [1.82, 2.24) is 19.4 Å². The van der Waals surface area contributed by atoms with E-state index in [1.54, 1.807) is 55.6 Å². The molecule has 2 heterocycles. The maximum absolute atomic E-state index is 13.1. The van der Waals surface area contributed by atoms with Gasteiger partial charge in [-0.3, -0.25) is 14.3 Å². The zero-order valence-electron chi connectivity index (χ0n) is 19.0. The number of nitrogens with zero attached hydrogens (tertiary/aromatic N) is 3. The Hall–Kier alpha value is -3.61. The molecule has 0 fully saturated rings. The number of hydrogen-bond acceptors (Lipinski definition) is 5. The Morgan fingerprint density at radius 3 is 2.43 bits per heavy atom. The van der Waals surface area contributed by atoms with Crippen molar-refractivity contribution in [3.05, 3.63) is 81.8 Å². The Kier molecular flexibility index (Phi) is 7.68. The maximum Gasteiger partial charge on any atom is 0.405 e. The van der Waals surface area contributed by atoms with Gasteiger partial charge in [-0.15, -0.1) is 0 Å². The monoisotopic (exact) mass is 511 g/mol. The molecular weight excluding hydrogens is 487 g/mol. The van der Waals surface area contributed by atoms with E-state index in [1.807, 2.05) is 0 Å². The van der Waals surface area contributed by atoms with E-state index < -0.39 is 40.8 Å². The van der Waals surface area contributed by atoms with Gasteiger partial charge in [-0.1, -0.05) is 30.3 Å². The number of hydrogen-bond donors (Lipinski definition) is 2. The normalized spacial score (nSPS) is 11.9. The molecule has 0 saturated heterocycles. The summed E-state index contributed by atoms with van der Waals surface area (Å²) >= 11 is 0. The van der Waals surface area contributed by atoms with Gasteiger partial charge in [0.25, 0.3) is 5.56 Å². The number of carbonyl (C=O) groups is 1. The number of aryl methyl sites for hydroxylation is 2. The van der Waals surface area contributed by atoms with Crippen LogP contribution in [0.4, 0.5) is 18.9 Å². The van der Waals surface area contributed by atoms with Crippen LogP contribution >= 0.6 is 0 Å². The van der Waals surface area contributed by atoms with E-state index in [4.69, 9.17) is 0 Å². The first kappa shape index (κ1) is 26.0. The summed E-state index contributed by atoms with van der Waals surface area (Å²) < 4.78 is 67.3. The minimum Gasteiger partial charge on any atom is -0.345 e. The van der Waals surface area contributed by atoms with Crippen LogP contribution in [0.1, 0.15) is 22.6 Å². The molecule has 35 heavy (non-hydrogen) atoms. The number of imidazole rings is 1. The van der Waals surface area contributed by atoms with Crippen LogP contribution < -0.4 is 15.6 Å². The van der Waals surface area contributed by atoms with E-state index in [2.05, 4.69) is 9.71 Å². The van der Waals surface area contributed by atoms with Crippen molar-refractivity contribution < 1.29 is 26.4 Å². The highest BCUT2D eigenvalue weighted by molar-refractivity contribution is 7.91. The maximum atomic E-state index is 13.1. The molecular formula is C22H24F3N5O4S. The highest BCUT2D eigenvalue weighted by Gasteiger charge is 2.28. The molecule has 9 nitrogen and oxygen atoms in total. The van der Waals surface area contributed by atoms with Crippen LogP contribution in [0.3, 0.4) is 0 Å². The Bertz CT molecular complexity index is 1370. The molecule has 188 valence electrons. The first-order valence-electron chi connectivity index (χ1n) is 10.4. The molecule has 1 aromatic carbocycles. The fourth-order valence-electron chi connectivity index (χ4n) is 3.35. The van der Waals surface area contributed by atoms with E-state index in [9.17, 15) is 31.2 Å². The van der Waals surface area contributed by atoms with Gasteiger partial charge in [0.15, 0.2) is 0 Å². The van der Waals surface area contributed by atoms with Gasteiger partial charge >= 0.3 is 6.18 Å². The van der Waals surface area contributed by atoms with Crippen molar-refractivity contribution in [3.8, 4) is 0 Å². The molecule has 0 aliphatic carbocycles. The molecule has 2 N–H and O–H groups in total. The number of sulfonamides is 1. The lowest BCUT2D eigenvalue weighted by Crippen LogP contribution is -2.36. The molecule has 3 rings (SSSR count). The van der Waals surface area contributed by atoms with Crippen molar-refractivity contribution in [1.29, 1.82) is 0 Å². The van der Waals surface area contributed by atoms with Gasteiger partial charge in [-0.05, 0) is 31.5 Å². The van der Waals surface area contributed by atoms with Crippen molar-refractivity contribution in [2.75, 3.05) is 11.3 Å². The molecule has 0 radical (unpaired) electrons. The van der Waals surface area contributed by atoms with Crippen LogP contribution in [0.25, 0.3) is 0 Å². The second-order valence-electron chi connectivity index (χ2n) is 7.92. The fraction of sp³-hybridized carbons (Fsp3) is 0.318. The molecule has 0 unspecified atom stereocenters. The van der Waals surface area contributed by atoms with Gasteiger partial charge in [0.1, 0.15) is 18.8 Å². The number of aromatic nitrogens is 3. The van der Waals surface area contributed by atoms with Gasteiger partial charge in [-0.2, -0.15) is 13.2 Å². The van der Waals surface area contributed by atoms with Gasteiger partial charge in [0.2, 0.25) is 15.9 Å². The number of rotatable bonds is 9. The molecule has 0 atom stereocenters. The summed E-state index contributed by atoms with van der Waals surface area (Å²) in [6, 6.07) is 11.4. The number of alkyl halides is 3. The van der Waals surface area contributed by atoms with Crippen LogP contribution in [-0.2, 0) is 33.7 Å².